The third kappa shape index (κ3) is 2.08. The second-order valence-corrected chi connectivity index (χ2v) is 4.61. The van der Waals surface area contributed by atoms with Gasteiger partial charge in [0, 0.05) is 5.56 Å². The summed E-state index contributed by atoms with van der Waals surface area (Å²) in [6.45, 7) is 0. The number of ether oxygens (including phenoxy) is 1. The second kappa shape index (κ2) is 3.52. The molecule has 15 heavy (non-hydrogen) atoms. The highest BCUT2D eigenvalue weighted by Crippen LogP contribution is 2.25. The van der Waals surface area contributed by atoms with Crippen molar-refractivity contribution >= 4 is 16.1 Å². The summed E-state index contributed by atoms with van der Waals surface area (Å²) < 4.78 is 27.5. The second-order valence-electron chi connectivity index (χ2n) is 3.05. The molecule has 5 heteroatoms. The molecule has 0 amide bonds. The molecule has 0 atom stereocenters. The van der Waals surface area contributed by atoms with Crippen LogP contribution in [0, 0.1) is 0 Å². The molecule has 0 saturated heterocycles. The number of sulfonamides is 1. The SMILES string of the molecule is NS(=O)(=O)C1=Cc2ccccc2OC=C1. The number of primary sulfonamides is 1. The summed E-state index contributed by atoms with van der Waals surface area (Å²) in [7, 11) is -3.70. The molecule has 0 saturated carbocycles. The quantitative estimate of drug-likeness (QED) is 0.778. The maximum Gasteiger partial charge on any atom is 0.238 e. The fourth-order valence-corrected chi connectivity index (χ4v) is 1.80. The zero-order valence-corrected chi connectivity index (χ0v) is 8.57. The Morgan fingerprint density at radius 2 is 1.93 bits per heavy atom. The summed E-state index contributed by atoms with van der Waals surface area (Å²) >= 11 is 0. The van der Waals surface area contributed by atoms with Crippen molar-refractivity contribution in [1.82, 2.24) is 0 Å². The first kappa shape index (κ1) is 9.95. The summed E-state index contributed by atoms with van der Waals surface area (Å²) in [4.78, 5) is 0.0347. The van der Waals surface area contributed by atoms with E-state index >= 15 is 0 Å². The number of hydrogen-bond donors (Lipinski definition) is 1. The van der Waals surface area contributed by atoms with E-state index in [1.54, 1.807) is 18.2 Å². The van der Waals surface area contributed by atoms with Crippen LogP contribution in [0.15, 0.2) is 41.5 Å². The molecule has 78 valence electrons. The van der Waals surface area contributed by atoms with Crippen molar-refractivity contribution in [3.63, 3.8) is 0 Å². The summed E-state index contributed by atoms with van der Waals surface area (Å²) in [5.41, 5.74) is 0.687. The predicted octanol–water partition coefficient (Wildman–Crippen LogP) is 1.22. The molecule has 1 aromatic rings. The van der Waals surface area contributed by atoms with Gasteiger partial charge in [0.2, 0.25) is 10.0 Å². The van der Waals surface area contributed by atoms with E-state index in [1.165, 1.54) is 18.4 Å². The number of para-hydroxylation sites is 1. The van der Waals surface area contributed by atoms with E-state index < -0.39 is 10.0 Å². The third-order valence-electron chi connectivity index (χ3n) is 1.97. The van der Waals surface area contributed by atoms with Gasteiger partial charge in [-0.2, -0.15) is 0 Å². The third-order valence-corrected chi connectivity index (χ3v) is 2.88. The molecule has 0 radical (unpaired) electrons. The van der Waals surface area contributed by atoms with E-state index in [-0.39, 0.29) is 4.91 Å². The molecule has 2 rings (SSSR count). The average molecular weight is 223 g/mol. The highest BCUT2D eigenvalue weighted by Gasteiger charge is 2.12. The van der Waals surface area contributed by atoms with E-state index in [0.717, 1.165) is 0 Å². The van der Waals surface area contributed by atoms with E-state index in [2.05, 4.69) is 0 Å². The molecule has 2 N–H and O–H groups in total. The number of benzene rings is 1. The highest BCUT2D eigenvalue weighted by molar-refractivity contribution is 7.93. The summed E-state index contributed by atoms with van der Waals surface area (Å²) in [6, 6.07) is 7.11. The van der Waals surface area contributed by atoms with Gasteiger partial charge in [0.15, 0.2) is 0 Å². The van der Waals surface area contributed by atoms with Gasteiger partial charge < -0.3 is 4.74 Å². The Morgan fingerprint density at radius 1 is 1.20 bits per heavy atom. The zero-order valence-electron chi connectivity index (χ0n) is 7.75. The summed E-state index contributed by atoms with van der Waals surface area (Å²) in [6.07, 6.45) is 4.12. The molecule has 0 aliphatic carbocycles. The molecule has 1 heterocycles. The van der Waals surface area contributed by atoms with Gasteiger partial charge in [-0.3, -0.25) is 0 Å². The van der Waals surface area contributed by atoms with Crippen LogP contribution in [0.1, 0.15) is 5.56 Å². The van der Waals surface area contributed by atoms with Gasteiger partial charge >= 0.3 is 0 Å². The van der Waals surface area contributed by atoms with Crippen LogP contribution >= 0.6 is 0 Å². The Morgan fingerprint density at radius 3 is 2.67 bits per heavy atom. The minimum atomic E-state index is -3.70. The van der Waals surface area contributed by atoms with Crippen molar-refractivity contribution < 1.29 is 13.2 Å². The lowest BCUT2D eigenvalue weighted by Gasteiger charge is -2.01. The van der Waals surface area contributed by atoms with Gasteiger partial charge in [-0.1, -0.05) is 18.2 Å². The summed E-state index contributed by atoms with van der Waals surface area (Å²) in [5, 5.41) is 5.03. The van der Waals surface area contributed by atoms with Crippen LogP contribution in [0.25, 0.3) is 6.08 Å². The van der Waals surface area contributed by atoms with Crippen molar-refractivity contribution in [1.29, 1.82) is 0 Å². The lowest BCUT2D eigenvalue weighted by molar-refractivity contribution is 0.481. The predicted molar refractivity (Wildman–Crippen MR) is 57.3 cm³/mol. The molecule has 0 spiro atoms. The first-order chi connectivity index (χ1) is 7.07. The molecule has 1 aliphatic heterocycles. The van der Waals surface area contributed by atoms with Gasteiger partial charge in [-0.15, -0.1) is 0 Å². The maximum absolute atomic E-state index is 11.2. The Kier molecular flexibility index (Phi) is 2.34. The number of rotatable bonds is 1. The standard InChI is InChI=1S/C10H9NO3S/c11-15(12,13)9-5-6-14-10-4-2-1-3-8(10)7-9/h1-7H,(H2,11,12,13). The largest absolute Gasteiger partial charge is 0.464 e. The highest BCUT2D eigenvalue weighted by atomic mass is 32.2. The molecule has 0 unspecified atom stereocenters. The first-order valence-corrected chi connectivity index (χ1v) is 5.79. The van der Waals surface area contributed by atoms with Gasteiger partial charge in [0.05, 0.1) is 11.2 Å². The monoisotopic (exact) mass is 223 g/mol. The Hall–Kier alpha value is -1.59. The Bertz CT molecular complexity index is 544. The van der Waals surface area contributed by atoms with Crippen LogP contribution in [0.4, 0.5) is 0 Å². The topological polar surface area (TPSA) is 69.4 Å². The van der Waals surface area contributed by atoms with E-state index in [9.17, 15) is 8.42 Å². The van der Waals surface area contributed by atoms with Gasteiger partial charge in [0.1, 0.15) is 5.75 Å². The minimum absolute atomic E-state index is 0.0347. The fraction of sp³-hybridized carbons (Fsp3) is 0. The normalized spacial score (nSPS) is 14.9. The Labute approximate surface area is 87.7 Å². The van der Waals surface area contributed by atoms with Crippen LogP contribution < -0.4 is 9.88 Å². The molecule has 1 aliphatic rings. The van der Waals surface area contributed by atoms with E-state index in [1.807, 2.05) is 6.07 Å². The first-order valence-electron chi connectivity index (χ1n) is 4.24. The van der Waals surface area contributed by atoms with Crippen molar-refractivity contribution in [2.75, 3.05) is 0 Å². The molecule has 4 nitrogen and oxygen atoms in total. The van der Waals surface area contributed by atoms with Crippen LogP contribution in [-0.4, -0.2) is 8.42 Å². The molecular weight excluding hydrogens is 214 g/mol. The lowest BCUT2D eigenvalue weighted by atomic mass is 10.2. The van der Waals surface area contributed by atoms with Crippen molar-refractivity contribution in [3.8, 4) is 5.75 Å². The number of fused-ring (bicyclic) bond motifs is 1. The van der Waals surface area contributed by atoms with Gasteiger partial charge in [0.25, 0.3) is 0 Å². The van der Waals surface area contributed by atoms with E-state index in [0.29, 0.717) is 11.3 Å². The molecule has 0 bridgehead atoms. The van der Waals surface area contributed by atoms with Crippen LogP contribution in [0.3, 0.4) is 0 Å². The number of nitrogens with two attached hydrogens (primary N) is 1. The smallest absolute Gasteiger partial charge is 0.238 e. The zero-order chi connectivity index (χ0) is 10.9. The number of allylic oxidation sites excluding steroid dienone is 1. The van der Waals surface area contributed by atoms with Crippen LogP contribution in [-0.2, 0) is 10.0 Å². The molecule has 1 aromatic carbocycles. The van der Waals surface area contributed by atoms with Crippen molar-refractivity contribution in [3.05, 3.63) is 47.1 Å². The number of hydrogen-bond acceptors (Lipinski definition) is 3. The Balaban J connectivity index is 2.59. The minimum Gasteiger partial charge on any atom is -0.464 e. The van der Waals surface area contributed by atoms with Gasteiger partial charge in [-0.05, 0) is 18.2 Å². The van der Waals surface area contributed by atoms with Crippen LogP contribution in [0.2, 0.25) is 0 Å². The van der Waals surface area contributed by atoms with Crippen molar-refractivity contribution in [2.24, 2.45) is 5.14 Å². The molecular formula is C10H9NO3S. The average Bonchev–Trinajstić information content (AvgIpc) is 2.38. The summed E-state index contributed by atoms with van der Waals surface area (Å²) in [5.74, 6) is 0.604. The molecule has 0 fully saturated rings. The van der Waals surface area contributed by atoms with Crippen LogP contribution in [0.5, 0.6) is 5.75 Å². The maximum atomic E-state index is 11.2. The lowest BCUT2D eigenvalue weighted by Crippen LogP contribution is -2.12. The fourth-order valence-electron chi connectivity index (χ4n) is 1.26. The van der Waals surface area contributed by atoms with E-state index in [4.69, 9.17) is 9.88 Å². The van der Waals surface area contributed by atoms with Crippen molar-refractivity contribution in [2.45, 2.75) is 0 Å². The molecule has 0 aromatic heterocycles. The van der Waals surface area contributed by atoms with Gasteiger partial charge in [-0.25, -0.2) is 13.6 Å².